The summed E-state index contributed by atoms with van der Waals surface area (Å²) in [6.45, 7) is 15.2. The fourth-order valence-corrected chi connectivity index (χ4v) is 8.57. The first-order valence-electron chi connectivity index (χ1n) is 18.9. The molecule has 3 aliphatic rings. The first-order valence-corrected chi connectivity index (χ1v) is 19.3. The number of H-pyrrole nitrogens is 1. The molecule has 5 heterocycles. The molecule has 286 valence electrons. The van der Waals surface area contributed by atoms with E-state index in [1.54, 1.807) is 17.2 Å². The Bertz CT molecular complexity index is 2000. The molecule has 2 unspecified atom stereocenters. The largest absolute Gasteiger partial charge is 0.465 e. The van der Waals surface area contributed by atoms with Gasteiger partial charge >= 0.3 is 12.1 Å². The SMILES string of the molecule is COC(=O)c1ccc(N2CCN(CC3=C(c4ccc(Cl)cc4)CN(CC4CCN(C(=O)O)CC4C(C)(C)C)CC3)CC2)cc1Oc1cnc2[nH]ccc2c1. The van der Waals surface area contributed by atoms with Crippen LogP contribution < -0.4 is 9.64 Å². The summed E-state index contributed by atoms with van der Waals surface area (Å²) in [6.07, 6.45) is 4.55. The molecule has 2 aromatic heterocycles. The lowest BCUT2D eigenvalue weighted by atomic mass is 9.69. The Balaban J connectivity index is 1.04. The molecule has 12 heteroatoms. The molecule has 2 N–H and O–H groups in total. The van der Waals surface area contributed by atoms with Crippen LogP contribution in [-0.2, 0) is 4.74 Å². The number of carboxylic acid groups (broad SMARTS) is 1. The van der Waals surface area contributed by atoms with Gasteiger partial charge in [0.2, 0.25) is 0 Å². The summed E-state index contributed by atoms with van der Waals surface area (Å²) in [5.74, 6) is 1.26. The van der Waals surface area contributed by atoms with Crippen LogP contribution in [0.3, 0.4) is 0 Å². The number of methoxy groups -OCH3 is 1. The smallest absolute Gasteiger partial charge is 0.407 e. The van der Waals surface area contributed by atoms with Gasteiger partial charge in [0.05, 0.1) is 13.3 Å². The van der Waals surface area contributed by atoms with Gasteiger partial charge in [-0.05, 0) is 83.2 Å². The number of anilines is 1. The number of amides is 1. The number of benzene rings is 2. The van der Waals surface area contributed by atoms with Gasteiger partial charge in [0.15, 0.2) is 0 Å². The van der Waals surface area contributed by atoms with Gasteiger partial charge in [0, 0.05) is 93.8 Å². The summed E-state index contributed by atoms with van der Waals surface area (Å²) in [5.41, 5.74) is 6.21. The van der Waals surface area contributed by atoms with E-state index in [4.69, 9.17) is 21.1 Å². The van der Waals surface area contributed by atoms with Gasteiger partial charge in [-0.1, -0.05) is 44.5 Å². The van der Waals surface area contributed by atoms with Gasteiger partial charge in [0.1, 0.15) is 22.7 Å². The van der Waals surface area contributed by atoms with E-state index in [2.05, 4.69) is 57.6 Å². The van der Waals surface area contributed by atoms with E-state index >= 15 is 0 Å². The van der Waals surface area contributed by atoms with Crippen molar-refractivity contribution >= 4 is 46.0 Å². The van der Waals surface area contributed by atoms with Gasteiger partial charge in [-0.25, -0.2) is 14.6 Å². The zero-order valence-corrected chi connectivity index (χ0v) is 32.4. The lowest BCUT2D eigenvalue weighted by molar-refractivity contribution is 0.0310. The Morgan fingerprint density at radius 2 is 1.76 bits per heavy atom. The highest BCUT2D eigenvalue weighted by atomic mass is 35.5. The van der Waals surface area contributed by atoms with Crippen molar-refractivity contribution in [3.8, 4) is 11.5 Å². The molecular formula is C42H51ClN6O5. The standard InChI is InChI=1S/C42H51ClN6O5/c1-42(2,3)37-27-49(41(51)52)16-13-31(37)25-47-15-12-30(36(26-47)28-5-7-32(43)8-6-28)24-46-17-19-48(20-18-46)33-9-10-35(40(50)53-4)38(22-33)54-34-21-29-11-14-44-39(29)45-23-34/h5-11,14,21-23,31,37H,12-13,15-20,24-27H2,1-4H3,(H,44,45)(H,51,52). The van der Waals surface area contributed by atoms with Crippen molar-refractivity contribution in [1.82, 2.24) is 24.7 Å². The Labute approximate surface area is 322 Å². The van der Waals surface area contributed by atoms with Crippen molar-refractivity contribution in [2.45, 2.75) is 33.6 Å². The van der Waals surface area contributed by atoms with Gasteiger partial charge in [-0.3, -0.25) is 9.80 Å². The molecule has 2 saturated heterocycles. The van der Waals surface area contributed by atoms with E-state index in [1.165, 1.54) is 23.8 Å². The number of aromatic nitrogens is 2. The minimum Gasteiger partial charge on any atom is -0.465 e. The van der Waals surface area contributed by atoms with E-state index in [-0.39, 0.29) is 5.41 Å². The number of pyridine rings is 1. The third-order valence-electron chi connectivity index (χ3n) is 11.5. The molecule has 0 spiro atoms. The average Bonchev–Trinajstić information content (AvgIpc) is 3.63. The number of piperidine rings is 1. The molecule has 2 aromatic carbocycles. The second-order valence-corrected chi connectivity index (χ2v) is 16.4. The maximum atomic E-state index is 12.7. The highest BCUT2D eigenvalue weighted by Crippen LogP contribution is 2.39. The Morgan fingerprint density at radius 1 is 0.981 bits per heavy atom. The third-order valence-corrected chi connectivity index (χ3v) is 11.7. The Kier molecular flexibility index (Phi) is 11.2. The second kappa shape index (κ2) is 16.0. The zero-order chi connectivity index (χ0) is 38.0. The first kappa shape index (κ1) is 37.7. The summed E-state index contributed by atoms with van der Waals surface area (Å²) in [4.78, 5) is 41.2. The number of carbonyl (C=O) groups excluding carboxylic acids is 1. The van der Waals surface area contributed by atoms with E-state index in [0.29, 0.717) is 42.0 Å². The third kappa shape index (κ3) is 8.53. The molecular weight excluding hydrogens is 704 g/mol. The number of rotatable bonds is 9. The summed E-state index contributed by atoms with van der Waals surface area (Å²) >= 11 is 6.34. The molecule has 0 saturated carbocycles. The topological polar surface area (TPSA) is 114 Å². The van der Waals surface area contributed by atoms with E-state index in [1.807, 2.05) is 42.6 Å². The van der Waals surface area contributed by atoms with E-state index in [0.717, 1.165) is 86.9 Å². The number of halogens is 1. The molecule has 3 aliphatic heterocycles. The van der Waals surface area contributed by atoms with Crippen molar-refractivity contribution in [2.24, 2.45) is 17.3 Å². The number of carbonyl (C=O) groups is 2. The number of likely N-dealkylation sites (tertiary alicyclic amines) is 1. The Morgan fingerprint density at radius 3 is 2.48 bits per heavy atom. The monoisotopic (exact) mass is 754 g/mol. The van der Waals surface area contributed by atoms with Crippen LogP contribution in [0.15, 0.2) is 72.6 Å². The number of nitrogens with one attached hydrogen (secondary N) is 1. The molecule has 0 radical (unpaired) electrons. The molecule has 4 aromatic rings. The summed E-state index contributed by atoms with van der Waals surface area (Å²) < 4.78 is 11.3. The van der Waals surface area contributed by atoms with E-state index < -0.39 is 12.1 Å². The molecule has 2 fully saturated rings. The van der Waals surface area contributed by atoms with E-state index in [9.17, 15) is 14.7 Å². The first-order chi connectivity index (χ1) is 25.9. The van der Waals surface area contributed by atoms with Gasteiger partial charge in [0.25, 0.3) is 0 Å². The highest BCUT2D eigenvalue weighted by Gasteiger charge is 2.39. The molecule has 0 aliphatic carbocycles. The van der Waals surface area contributed by atoms with Gasteiger partial charge in [-0.2, -0.15) is 0 Å². The molecule has 7 rings (SSSR count). The number of hydrogen-bond acceptors (Lipinski definition) is 8. The summed E-state index contributed by atoms with van der Waals surface area (Å²) in [7, 11) is 1.37. The number of esters is 1. The van der Waals surface area contributed by atoms with Crippen molar-refractivity contribution < 1.29 is 24.2 Å². The minimum atomic E-state index is -0.811. The van der Waals surface area contributed by atoms with Crippen LogP contribution in [-0.4, -0.2) is 114 Å². The number of nitrogens with zero attached hydrogens (tertiary/aromatic N) is 5. The predicted octanol–water partition coefficient (Wildman–Crippen LogP) is 7.74. The normalized spacial score (nSPS) is 20.4. The number of ether oxygens (including phenoxy) is 2. The zero-order valence-electron chi connectivity index (χ0n) is 31.7. The maximum absolute atomic E-state index is 12.7. The van der Waals surface area contributed by atoms with Crippen LogP contribution in [0.4, 0.5) is 10.5 Å². The average molecular weight is 755 g/mol. The maximum Gasteiger partial charge on any atom is 0.407 e. The van der Waals surface area contributed by atoms with Crippen LogP contribution in [0.1, 0.15) is 49.5 Å². The predicted molar refractivity (Wildman–Crippen MR) is 213 cm³/mol. The second-order valence-electron chi connectivity index (χ2n) is 15.9. The van der Waals surface area contributed by atoms with Crippen LogP contribution >= 0.6 is 11.6 Å². The van der Waals surface area contributed by atoms with Gasteiger partial charge < -0.3 is 29.4 Å². The summed E-state index contributed by atoms with van der Waals surface area (Å²) in [6, 6.07) is 17.8. The lowest BCUT2D eigenvalue weighted by Crippen LogP contribution is -2.51. The lowest BCUT2D eigenvalue weighted by Gasteiger charge is -2.46. The number of piperazine rings is 1. The molecule has 1 amide bonds. The Hall–Kier alpha value is -4.58. The number of hydrogen-bond donors (Lipinski definition) is 2. The number of fused-ring (bicyclic) bond motifs is 1. The van der Waals surface area contributed by atoms with Crippen LogP contribution in [0, 0.1) is 17.3 Å². The van der Waals surface area contributed by atoms with Crippen molar-refractivity contribution in [1.29, 1.82) is 0 Å². The summed E-state index contributed by atoms with van der Waals surface area (Å²) in [5, 5.41) is 11.4. The number of aromatic amines is 1. The molecule has 11 nitrogen and oxygen atoms in total. The fourth-order valence-electron chi connectivity index (χ4n) is 8.45. The van der Waals surface area contributed by atoms with Crippen LogP contribution in [0.5, 0.6) is 11.5 Å². The quantitative estimate of drug-likeness (QED) is 0.166. The van der Waals surface area contributed by atoms with Crippen molar-refractivity contribution in [2.75, 3.05) is 77.5 Å². The van der Waals surface area contributed by atoms with Crippen molar-refractivity contribution in [3.05, 3.63) is 88.7 Å². The molecule has 0 bridgehead atoms. The minimum absolute atomic E-state index is 0.0177. The fraction of sp³-hybridized carbons (Fsp3) is 0.452. The van der Waals surface area contributed by atoms with Gasteiger partial charge in [-0.15, -0.1) is 0 Å². The van der Waals surface area contributed by atoms with Crippen LogP contribution in [0.25, 0.3) is 16.6 Å². The molecule has 54 heavy (non-hydrogen) atoms. The van der Waals surface area contributed by atoms with Crippen molar-refractivity contribution in [3.63, 3.8) is 0 Å². The highest BCUT2D eigenvalue weighted by molar-refractivity contribution is 6.30. The van der Waals surface area contributed by atoms with Crippen LogP contribution in [0.2, 0.25) is 5.02 Å². The molecule has 2 atom stereocenters.